The van der Waals surface area contributed by atoms with E-state index < -0.39 is 0 Å². The summed E-state index contributed by atoms with van der Waals surface area (Å²) in [4.78, 5) is 30.0. The number of hydrogen-bond acceptors (Lipinski definition) is 4. The highest BCUT2D eigenvalue weighted by Crippen LogP contribution is 2.20. The predicted molar refractivity (Wildman–Crippen MR) is 93.9 cm³/mol. The Hall–Kier alpha value is -2.90. The van der Waals surface area contributed by atoms with Crippen molar-refractivity contribution in [3.05, 3.63) is 30.6 Å². The number of nitrogens with one attached hydrogen (secondary N) is 2. The van der Waals surface area contributed by atoms with Crippen LogP contribution in [0.5, 0.6) is 0 Å². The molecule has 0 aromatic carbocycles. The number of aromatic nitrogens is 3. The first-order chi connectivity index (χ1) is 12.1. The Balaban J connectivity index is 1.60. The molecule has 1 aliphatic heterocycles. The molecule has 8 nitrogen and oxygen atoms in total. The van der Waals surface area contributed by atoms with Gasteiger partial charge in [0.2, 0.25) is 5.91 Å². The Kier molecular flexibility index (Phi) is 4.97. The maximum Gasteiger partial charge on any atom is 0.320 e. The number of amides is 3. The molecule has 8 heteroatoms. The van der Waals surface area contributed by atoms with E-state index in [-0.39, 0.29) is 18.0 Å². The van der Waals surface area contributed by atoms with E-state index in [0.29, 0.717) is 18.8 Å². The monoisotopic (exact) mass is 342 g/mol. The van der Waals surface area contributed by atoms with E-state index in [2.05, 4.69) is 20.7 Å². The minimum atomic E-state index is -0.336. The first-order valence-corrected chi connectivity index (χ1v) is 8.36. The summed E-state index contributed by atoms with van der Waals surface area (Å²) in [7, 11) is 1.76. The number of carbonyl (C=O) groups excluding carboxylic acids is 2. The van der Waals surface area contributed by atoms with E-state index in [9.17, 15) is 9.59 Å². The largest absolute Gasteiger partial charge is 0.341 e. The zero-order valence-electron chi connectivity index (χ0n) is 14.4. The van der Waals surface area contributed by atoms with Crippen LogP contribution in [-0.4, -0.2) is 50.7 Å². The van der Waals surface area contributed by atoms with Crippen LogP contribution in [0.4, 0.5) is 10.6 Å². The van der Waals surface area contributed by atoms with Crippen LogP contribution >= 0.6 is 0 Å². The second-order valence-electron chi connectivity index (χ2n) is 6.12. The molecule has 1 atom stereocenters. The fourth-order valence-electron chi connectivity index (χ4n) is 2.93. The third-order valence-corrected chi connectivity index (χ3v) is 4.12. The molecule has 2 aromatic heterocycles. The van der Waals surface area contributed by atoms with E-state index in [4.69, 9.17) is 0 Å². The summed E-state index contributed by atoms with van der Waals surface area (Å²) in [5, 5.41) is 10.0. The van der Waals surface area contributed by atoms with Gasteiger partial charge in [0.1, 0.15) is 5.82 Å². The topological polar surface area (TPSA) is 92.2 Å². The second-order valence-corrected chi connectivity index (χ2v) is 6.12. The number of pyridine rings is 1. The molecule has 0 aliphatic carbocycles. The normalized spacial score (nSPS) is 17.0. The van der Waals surface area contributed by atoms with Gasteiger partial charge in [0, 0.05) is 50.6 Å². The van der Waals surface area contributed by atoms with Crippen molar-refractivity contribution in [1.29, 1.82) is 0 Å². The number of anilines is 1. The molecule has 0 radical (unpaired) electrons. The van der Waals surface area contributed by atoms with Crippen LogP contribution in [-0.2, 0) is 11.8 Å². The van der Waals surface area contributed by atoms with Gasteiger partial charge in [-0.3, -0.25) is 19.8 Å². The van der Waals surface area contributed by atoms with Crippen LogP contribution in [0.3, 0.4) is 0 Å². The van der Waals surface area contributed by atoms with Crippen LogP contribution in [0, 0.1) is 0 Å². The predicted octanol–water partition coefficient (Wildman–Crippen LogP) is 1.61. The van der Waals surface area contributed by atoms with E-state index >= 15 is 0 Å². The van der Waals surface area contributed by atoms with Gasteiger partial charge in [-0.15, -0.1) is 0 Å². The van der Waals surface area contributed by atoms with Crippen molar-refractivity contribution in [3.63, 3.8) is 0 Å². The molecular formula is C17H22N6O2. The van der Waals surface area contributed by atoms with E-state index in [1.165, 1.54) is 0 Å². The Labute approximate surface area is 146 Å². The average Bonchev–Trinajstić information content (AvgIpc) is 3.12. The van der Waals surface area contributed by atoms with Crippen molar-refractivity contribution in [2.24, 2.45) is 7.05 Å². The average molecular weight is 342 g/mol. The van der Waals surface area contributed by atoms with Crippen molar-refractivity contribution in [2.75, 3.05) is 18.4 Å². The lowest BCUT2D eigenvalue weighted by molar-refractivity contribution is -0.127. The highest BCUT2D eigenvalue weighted by Gasteiger charge is 2.30. The molecule has 2 N–H and O–H groups in total. The summed E-state index contributed by atoms with van der Waals surface area (Å²) in [6, 6.07) is 5.04. The summed E-state index contributed by atoms with van der Waals surface area (Å²) < 4.78 is 1.60. The van der Waals surface area contributed by atoms with Crippen LogP contribution < -0.4 is 10.6 Å². The van der Waals surface area contributed by atoms with Gasteiger partial charge in [0.15, 0.2) is 0 Å². The lowest BCUT2D eigenvalue weighted by Gasteiger charge is -2.16. The van der Waals surface area contributed by atoms with E-state index in [1.54, 1.807) is 35.1 Å². The van der Waals surface area contributed by atoms with Crippen LogP contribution in [0.15, 0.2) is 30.6 Å². The van der Waals surface area contributed by atoms with E-state index in [1.807, 2.05) is 19.1 Å². The molecule has 25 heavy (non-hydrogen) atoms. The molecule has 3 heterocycles. The molecule has 2 aromatic rings. The standard InChI is InChI=1S/C17H22N6O2/c1-3-7-23-11-13(8-16(23)24)19-17(25)20-15-9-14(21-22(15)2)12-5-4-6-18-10-12/h4-6,9-10,13H,3,7-8,11H2,1-2H3,(H2,19,20,25)/t13-/m1/s1. The molecule has 1 fully saturated rings. The van der Waals surface area contributed by atoms with Gasteiger partial charge >= 0.3 is 6.03 Å². The number of aryl methyl sites for hydroxylation is 1. The van der Waals surface area contributed by atoms with Gasteiger partial charge in [-0.05, 0) is 18.6 Å². The van der Waals surface area contributed by atoms with Crippen molar-refractivity contribution >= 4 is 17.8 Å². The molecule has 1 aliphatic rings. The van der Waals surface area contributed by atoms with Crippen molar-refractivity contribution in [3.8, 4) is 11.3 Å². The number of carbonyl (C=O) groups is 2. The third kappa shape index (κ3) is 3.96. The van der Waals surface area contributed by atoms with Gasteiger partial charge in [0.05, 0.1) is 11.7 Å². The number of likely N-dealkylation sites (tertiary alicyclic amines) is 1. The molecule has 0 spiro atoms. The van der Waals surface area contributed by atoms with Crippen molar-refractivity contribution in [2.45, 2.75) is 25.8 Å². The Morgan fingerprint density at radius 1 is 1.44 bits per heavy atom. The number of urea groups is 1. The van der Waals surface area contributed by atoms with Crippen LogP contribution in [0.2, 0.25) is 0 Å². The summed E-state index contributed by atoms with van der Waals surface area (Å²) in [5.74, 6) is 0.664. The second kappa shape index (κ2) is 7.33. The highest BCUT2D eigenvalue weighted by atomic mass is 16.2. The molecule has 0 saturated carbocycles. The molecule has 3 rings (SSSR count). The maximum atomic E-state index is 12.2. The van der Waals surface area contributed by atoms with Gasteiger partial charge in [-0.25, -0.2) is 4.79 Å². The third-order valence-electron chi connectivity index (χ3n) is 4.12. The summed E-state index contributed by atoms with van der Waals surface area (Å²) >= 11 is 0. The summed E-state index contributed by atoms with van der Waals surface area (Å²) in [6.07, 6.45) is 4.68. The minimum Gasteiger partial charge on any atom is -0.341 e. The zero-order valence-corrected chi connectivity index (χ0v) is 14.4. The van der Waals surface area contributed by atoms with Gasteiger partial charge in [-0.2, -0.15) is 5.10 Å². The minimum absolute atomic E-state index is 0.0894. The Morgan fingerprint density at radius 2 is 2.28 bits per heavy atom. The fourth-order valence-corrected chi connectivity index (χ4v) is 2.93. The molecule has 0 unspecified atom stereocenters. The van der Waals surface area contributed by atoms with Crippen molar-refractivity contribution < 1.29 is 9.59 Å². The summed E-state index contributed by atoms with van der Waals surface area (Å²) in [6.45, 7) is 3.32. The Bertz CT molecular complexity index is 758. The Morgan fingerprint density at radius 3 is 3.00 bits per heavy atom. The lowest BCUT2D eigenvalue weighted by atomic mass is 10.2. The molecule has 0 bridgehead atoms. The quantitative estimate of drug-likeness (QED) is 0.863. The van der Waals surface area contributed by atoms with Gasteiger partial charge < -0.3 is 10.2 Å². The van der Waals surface area contributed by atoms with Crippen LogP contribution in [0.25, 0.3) is 11.3 Å². The smallest absolute Gasteiger partial charge is 0.320 e. The van der Waals surface area contributed by atoms with Crippen molar-refractivity contribution in [1.82, 2.24) is 25.0 Å². The maximum absolute atomic E-state index is 12.2. The molecule has 132 valence electrons. The number of hydrogen-bond donors (Lipinski definition) is 2. The molecule has 1 saturated heterocycles. The number of rotatable bonds is 5. The van der Waals surface area contributed by atoms with Gasteiger partial charge in [-0.1, -0.05) is 6.92 Å². The molecule has 3 amide bonds. The summed E-state index contributed by atoms with van der Waals surface area (Å²) in [5.41, 5.74) is 1.61. The van der Waals surface area contributed by atoms with E-state index in [0.717, 1.165) is 24.2 Å². The fraction of sp³-hybridized carbons (Fsp3) is 0.412. The zero-order chi connectivity index (χ0) is 17.8. The molecular weight excluding hydrogens is 320 g/mol. The SMILES string of the molecule is CCCN1C[C@H](NC(=O)Nc2cc(-c3cccnc3)nn2C)CC1=O. The number of nitrogens with zero attached hydrogens (tertiary/aromatic N) is 4. The van der Waals surface area contributed by atoms with Crippen LogP contribution in [0.1, 0.15) is 19.8 Å². The first-order valence-electron chi connectivity index (χ1n) is 8.36. The first kappa shape index (κ1) is 16.9. The van der Waals surface area contributed by atoms with Gasteiger partial charge in [0.25, 0.3) is 0 Å². The highest BCUT2D eigenvalue weighted by molar-refractivity contribution is 5.90. The lowest BCUT2D eigenvalue weighted by Crippen LogP contribution is -2.40.